The van der Waals surface area contributed by atoms with Gasteiger partial charge in [-0.3, -0.25) is 0 Å². The molecular formula is C10H13FO2. The minimum Gasteiger partial charge on any atom is -0.508 e. The minimum absolute atomic E-state index is 0.0117. The molecule has 0 aliphatic carbocycles. The molecule has 3 heteroatoms. The second-order valence-corrected chi connectivity index (χ2v) is 3.50. The van der Waals surface area contributed by atoms with Crippen molar-refractivity contribution in [2.75, 3.05) is 6.61 Å². The van der Waals surface area contributed by atoms with Gasteiger partial charge in [-0.15, -0.1) is 0 Å². The van der Waals surface area contributed by atoms with Crippen molar-refractivity contribution in [3.8, 4) is 11.5 Å². The molecule has 0 fully saturated rings. The van der Waals surface area contributed by atoms with Crippen LogP contribution in [0.2, 0.25) is 0 Å². The van der Waals surface area contributed by atoms with Crippen molar-refractivity contribution in [1.82, 2.24) is 0 Å². The highest BCUT2D eigenvalue weighted by Gasteiger charge is 2.15. The third-order valence-corrected chi connectivity index (χ3v) is 1.42. The summed E-state index contributed by atoms with van der Waals surface area (Å²) in [6.45, 7) is 2.92. The van der Waals surface area contributed by atoms with Crippen molar-refractivity contribution in [1.29, 1.82) is 0 Å². The highest BCUT2D eigenvalue weighted by atomic mass is 19.1. The quantitative estimate of drug-likeness (QED) is 0.782. The van der Waals surface area contributed by atoms with Crippen molar-refractivity contribution in [3.05, 3.63) is 24.3 Å². The van der Waals surface area contributed by atoms with Crippen molar-refractivity contribution < 1.29 is 14.2 Å². The Morgan fingerprint density at radius 2 is 1.85 bits per heavy atom. The van der Waals surface area contributed by atoms with Crippen LogP contribution in [0.15, 0.2) is 24.3 Å². The molecule has 0 saturated heterocycles. The van der Waals surface area contributed by atoms with Gasteiger partial charge in [-0.25, -0.2) is 4.39 Å². The van der Waals surface area contributed by atoms with Gasteiger partial charge in [0.1, 0.15) is 23.8 Å². The first-order valence-electron chi connectivity index (χ1n) is 4.08. The van der Waals surface area contributed by atoms with Gasteiger partial charge in [0, 0.05) is 0 Å². The Balaban J connectivity index is 2.51. The third-order valence-electron chi connectivity index (χ3n) is 1.42. The van der Waals surface area contributed by atoms with Gasteiger partial charge in [-0.05, 0) is 38.1 Å². The second-order valence-electron chi connectivity index (χ2n) is 3.50. The molecule has 0 saturated carbocycles. The monoisotopic (exact) mass is 184 g/mol. The number of aromatic hydroxyl groups is 1. The molecule has 0 unspecified atom stereocenters. The first-order chi connectivity index (χ1) is 5.97. The van der Waals surface area contributed by atoms with Crippen LogP contribution in [0.5, 0.6) is 11.5 Å². The predicted octanol–water partition coefficient (Wildman–Crippen LogP) is 2.52. The number of phenols is 1. The Morgan fingerprint density at radius 1 is 1.31 bits per heavy atom. The molecule has 1 aromatic rings. The van der Waals surface area contributed by atoms with E-state index in [0.717, 1.165) is 0 Å². The lowest BCUT2D eigenvalue weighted by molar-refractivity contribution is 0.121. The molecule has 0 aliphatic heterocycles. The molecule has 2 nitrogen and oxygen atoms in total. The maximum absolute atomic E-state index is 13.0. The van der Waals surface area contributed by atoms with Crippen LogP contribution in [0, 0.1) is 0 Å². The standard InChI is InChI=1S/C10H13FO2/c1-10(2,11)7-13-9-5-3-8(12)4-6-9/h3-6,12H,7H2,1-2H3. The van der Waals surface area contributed by atoms with E-state index in [9.17, 15) is 4.39 Å². The summed E-state index contributed by atoms with van der Waals surface area (Å²) in [4.78, 5) is 0. The van der Waals surface area contributed by atoms with Gasteiger partial charge in [0.15, 0.2) is 0 Å². The summed E-state index contributed by atoms with van der Waals surface area (Å²) in [5, 5.41) is 8.96. The number of alkyl halides is 1. The minimum atomic E-state index is -1.34. The number of hydrogen-bond acceptors (Lipinski definition) is 2. The van der Waals surface area contributed by atoms with Crippen LogP contribution in [-0.4, -0.2) is 17.4 Å². The molecule has 0 amide bonds. The lowest BCUT2D eigenvalue weighted by atomic mass is 10.2. The zero-order valence-electron chi connectivity index (χ0n) is 7.75. The molecule has 1 aromatic carbocycles. The van der Waals surface area contributed by atoms with Crippen LogP contribution in [0.1, 0.15) is 13.8 Å². The Kier molecular flexibility index (Phi) is 2.76. The van der Waals surface area contributed by atoms with Crippen molar-refractivity contribution >= 4 is 0 Å². The summed E-state index contributed by atoms with van der Waals surface area (Å²) in [5.74, 6) is 0.732. The largest absolute Gasteiger partial charge is 0.508 e. The van der Waals surface area contributed by atoms with Crippen LogP contribution < -0.4 is 4.74 Å². The molecule has 0 atom stereocenters. The Labute approximate surface area is 77.0 Å². The number of benzene rings is 1. The zero-order chi connectivity index (χ0) is 9.90. The molecule has 13 heavy (non-hydrogen) atoms. The normalized spacial score (nSPS) is 11.3. The van der Waals surface area contributed by atoms with Gasteiger partial charge in [0.2, 0.25) is 0 Å². The summed E-state index contributed by atoms with van der Waals surface area (Å²) in [6.07, 6.45) is 0. The molecule has 0 spiro atoms. The van der Waals surface area contributed by atoms with E-state index in [1.54, 1.807) is 12.1 Å². The van der Waals surface area contributed by atoms with Crippen LogP contribution >= 0.6 is 0 Å². The first-order valence-corrected chi connectivity index (χ1v) is 4.08. The van der Waals surface area contributed by atoms with Crippen LogP contribution in [0.3, 0.4) is 0 Å². The second kappa shape index (κ2) is 3.64. The summed E-state index contributed by atoms with van der Waals surface area (Å²) < 4.78 is 18.1. The summed E-state index contributed by atoms with van der Waals surface area (Å²) in [7, 11) is 0. The predicted molar refractivity (Wildman–Crippen MR) is 48.8 cm³/mol. The summed E-state index contributed by atoms with van der Waals surface area (Å²) in [6, 6.07) is 6.20. The molecule has 0 bridgehead atoms. The van der Waals surface area contributed by atoms with E-state index >= 15 is 0 Å². The number of hydrogen-bond donors (Lipinski definition) is 1. The van der Waals surface area contributed by atoms with Crippen LogP contribution in [0.4, 0.5) is 4.39 Å². The van der Waals surface area contributed by atoms with E-state index in [0.29, 0.717) is 5.75 Å². The molecule has 72 valence electrons. The maximum Gasteiger partial charge on any atom is 0.139 e. The molecule has 0 heterocycles. The van der Waals surface area contributed by atoms with E-state index in [1.807, 2.05) is 0 Å². The molecule has 0 aliphatic rings. The van der Waals surface area contributed by atoms with Crippen LogP contribution in [0.25, 0.3) is 0 Å². The highest BCUT2D eigenvalue weighted by Crippen LogP contribution is 2.18. The van der Waals surface area contributed by atoms with Crippen molar-refractivity contribution in [2.24, 2.45) is 0 Å². The lowest BCUT2D eigenvalue weighted by Gasteiger charge is -2.14. The van der Waals surface area contributed by atoms with E-state index in [-0.39, 0.29) is 12.4 Å². The fraction of sp³-hybridized carbons (Fsp3) is 0.400. The Morgan fingerprint density at radius 3 is 2.31 bits per heavy atom. The first kappa shape index (κ1) is 9.84. The van der Waals surface area contributed by atoms with Gasteiger partial charge >= 0.3 is 0 Å². The molecule has 0 aromatic heterocycles. The molecule has 0 radical (unpaired) electrons. The van der Waals surface area contributed by atoms with Crippen molar-refractivity contribution in [2.45, 2.75) is 19.5 Å². The molecular weight excluding hydrogens is 171 g/mol. The van der Waals surface area contributed by atoms with E-state index in [4.69, 9.17) is 9.84 Å². The number of halogens is 1. The zero-order valence-corrected chi connectivity index (χ0v) is 7.75. The number of phenolic OH excluding ortho intramolecular Hbond substituents is 1. The van der Waals surface area contributed by atoms with Crippen molar-refractivity contribution in [3.63, 3.8) is 0 Å². The smallest absolute Gasteiger partial charge is 0.139 e. The van der Waals surface area contributed by atoms with Gasteiger partial charge < -0.3 is 9.84 Å². The molecule has 1 rings (SSSR count). The van der Waals surface area contributed by atoms with Gasteiger partial charge in [0.25, 0.3) is 0 Å². The Hall–Kier alpha value is -1.25. The van der Waals surface area contributed by atoms with Gasteiger partial charge in [0.05, 0.1) is 0 Å². The third kappa shape index (κ3) is 3.78. The fourth-order valence-corrected chi connectivity index (χ4v) is 0.797. The average molecular weight is 184 g/mol. The SMILES string of the molecule is CC(C)(F)COc1ccc(O)cc1. The van der Waals surface area contributed by atoms with Gasteiger partial charge in [-0.1, -0.05) is 0 Å². The van der Waals surface area contributed by atoms with Crippen LogP contribution in [-0.2, 0) is 0 Å². The number of ether oxygens (including phenoxy) is 1. The highest BCUT2D eigenvalue weighted by molar-refractivity contribution is 5.30. The van der Waals surface area contributed by atoms with E-state index in [1.165, 1.54) is 26.0 Å². The summed E-state index contributed by atoms with van der Waals surface area (Å²) >= 11 is 0. The van der Waals surface area contributed by atoms with E-state index < -0.39 is 5.67 Å². The van der Waals surface area contributed by atoms with E-state index in [2.05, 4.69) is 0 Å². The maximum atomic E-state index is 13.0. The molecule has 1 N–H and O–H groups in total. The topological polar surface area (TPSA) is 29.5 Å². The summed E-state index contributed by atoms with van der Waals surface area (Å²) in [5.41, 5.74) is -1.34. The number of rotatable bonds is 3. The lowest BCUT2D eigenvalue weighted by Crippen LogP contribution is -2.22. The average Bonchev–Trinajstić information content (AvgIpc) is 2.02. The Bertz CT molecular complexity index is 261. The fourth-order valence-electron chi connectivity index (χ4n) is 0.797. The van der Waals surface area contributed by atoms with Gasteiger partial charge in [-0.2, -0.15) is 0 Å².